The molecule has 0 aliphatic rings. The molecular formula is C11H7BrClF2N3. The number of aromatic nitrogens is 2. The van der Waals surface area contributed by atoms with Gasteiger partial charge in [0.05, 0.1) is 6.20 Å². The first-order chi connectivity index (χ1) is 8.56. The molecule has 0 spiro atoms. The van der Waals surface area contributed by atoms with Gasteiger partial charge in [-0.15, -0.1) is 0 Å². The second-order valence-corrected chi connectivity index (χ2v) is 4.65. The Balaban J connectivity index is 2.21. The summed E-state index contributed by atoms with van der Waals surface area (Å²) in [7, 11) is 0. The summed E-state index contributed by atoms with van der Waals surface area (Å²) in [6.45, 7) is 0. The molecular weight excluding hydrogens is 327 g/mol. The van der Waals surface area contributed by atoms with E-state index in [-0.39, 0.29) is 11.1 Å². The van der Waals surface area contributed by atoms with Gasteiger partial charge in [0, 0.05) is 10.0 Å². The lowest BCUT2D eigenvalue weighted by Crippen LogP contribution is -2.09. The van der Waals surface area contributed by atoms with E-state index in [4.69, 9.17) is 11.6 Å². The molecule has 0 bridgehead atoms. The SMILES string of the molecule is Fc1cnc(Cl)nc1N[C@H](F)c1cccc(Br)c1. The zero-order valence-corrected chi connectivity index (χ0v) is 11.2. The molecule has 2 rings (SSSR count). The third-order valence-electron chi connectivity index (χ3n) is 2.12. The zero-order valence-electron chi connectivity index (χ0n) is 8.87. The van der Waals surface area contributed by atoms with Crippen molar-refractivity contribution in [1.82, 2.24) is 9.97 Å². The molecule has 1 aromatic heterocycles. The van der Waals surface area contributed by atoms with Crippen molar-refractivity contribution in [2.24, 2.45) is 0 Å². The summed E-state index contributed by atoms with van der Waals surface area (Å²) in [5.41, 5.74) is 0.346. The second-order valence-electron chi connectivity index (χ2n) is 3.40. The van der Waals surface area contributed by atoms with Crippen molar-refractivity contribution in [2.45, 2.75) is 6.30 Å². The van der Waals surface area contributed by atoms with E-state index in [0.717, 1.165) is 10.7 Å². The van der Waals surface area contributed by atoms with Crippen LogP contribution in [0, 0.1) is 5.82 Å². The molecule has 1 aromatic carbocycles. The Labute approximate surface area is 115 Å². The third kappa shape index (κ3) is 3.14. The quantitative estimate of drug-likeness (QED) is 0.678. The van der Waals surface area contributed by atoms with Crippen LogP contribution in [0.1, 0.15) is 11.9 Å². The lowest BCUT2D eigenvalue weighted by Gasteiger charge is -2.12. The van der Waals surface area contributed by atoms with Crippen LogP contribution < -0.4 is 5.32 Å². The summed E-state index contributed by atoms with van der Waals surface area (Å²) in [5, 5.41) is 2.14. The van der Waals surface area contributed by atoms with E-state index >= 15 is 0 Å². The molecule has 0 fully saturated rings. The largest absolute Gasteiger partial charge is 0.334 e. The average molecular weight is 335 g/mol. The topological polar surface area (TPSA) is 37.8 Å². The minimum Gasteiger partial charge on any atom is -0.334 e. The monoisotopic (exact) mass is 333 g/mol. The molecule has 0 radical (unpaired) electrons. The smallest absolute Gasteiger partial charge is 0.224 e. The molecule has 3 nitrogen and oxygen atoms in total. The molecule has 0 saturated heterocycles. The van der Waals surface area contributed by atoms with E-state index in [0.29, 0.717) is 5.56 Å². The van der Waals surface area contributed by atoms with Crippen LogP contribution in [0.15, 0.2) is 34.9 Å². The van der Waals surface area contributed by atoms with E-state index in [1.807, 2.05) is 0 Å². The molecule has 0 aliphatic heterocycles. The van der Waals surface area contributed by atoms with Gasteiger partial charge < -0.3 is 5.32 Å². The summed E-state index contributed by atoms with van der Waals surface area (Å²) in [5.74, 6) is -1.04. The predicted molar refractivity (Wildman–Crippen MR) is 68.6 cm³/mol. The zero-order chi connectivity index (χ0) is 13.1. The van der Waals surface area contributed by atoms with Gasteiger partial charge in [0.15, 0.2) is 17.9 Å². The summed E-state index contributed by atoms with van der Waals surface area (Å²) in [4.78, 5) is 7.02. The number of nitrogens with zero attached hydrogens (tertiary/aromatic N) is 2. The van der Waals surface area contributed by atoms with Crippen LogP contribution in [0.5, 0.6) is 0 Å². The van der Waals surface area contributed by atoms with Crippen LogP contribution in [-0.2, 0) is 0 Å². The lowest BCUT2D eigenvalue weighted by atomic mass is 10.2. The third-order valence-corrected chi connectivity index (χ3v) is 2.79. The molecule has 0 unspecified atom stereocenters. The minimum absolute atomic E-state index is 0.152. The first-order valence-electron chi connectivity index (χ1n) is 4.90. The van der Waals surface area contributed by atoms with Crippen molar-refractivity contribution < 1.29 is 8.78 Å². The van der Waals surface area contributed by atoms with Gasteiger partial charge in [-0.05, 0) is 23.7 Å². The molecule has 1 heterocycles. The normalized spacial score (nSPS) is 12.2. The van der Waals surface area contributed by atoms with Crippen molar-refractivity contribution in [2.75, 3.05) is 5.32 Å². The minimum atomic E-state index is -1.59. The summed E-state index contributed by atoms with van der Waals surface area (Å²) >= 11 is 8.74. The molecule has 18 heavy (non-hydrogen) atoms. The van der Waals surface area contributed by atoms with Crippen LogP contribution in [0.25, 0.3) is 0 Å². The number of halogens is 4. The van der Waals surface area contributed by atoms with E-state index in [9.17, 15) is 8.78 Å². The highest BCUT2D eigenvalue weighted by atomic mass is 79.9. The Bertz CT molecular complexity index is 568. The van der Waals surface area contributed by atoms with E-state index < -0.39 is 12.1 Å². The van der Waals surface area contributed by atoms with Gasteiger partial charge in [-0.2, -0.15) is 4.98 Å². The molecule has 94 valence electrons. The fourth-order valence-electron chi connectivity index (χ4n) is 1.31. The standard InChI is InChI=1S/C11H7BrClF2N3/c12-7-3-1-2-6(4-7)9(15)17-10-8(14)5-16-11(13)18-10/h1-5,9H,(H,16,17,18)/t9-/m0/s1. The van der Waals surface area contributed by atoms with Crippen molar-refractivity contribution >= 4 is 33.3 Å². The highest BCUT2D eigenvalue weighted by Gasteiger charge is 2.14. The van der Waals surface area contributed by atoms with Gasteiger partial charge >= 0.3 is 0 Å². The maximum atomic E-state index is 13.9. The highest BCUT2D eigenvalue weighted by Crippen LogP contribution is 2.24. The number of benzene rings is 1. The molecule has 1 atom stereocenters. The summed E-state index contributed by atoms with van der Waals surface area (Å²) in [6, 6.07) is 6.59. The van der Waals surface area contributed by atoms with Crippen molar-refractivity contribution in [3.05, 3.63) is 51.6 Å². The van der Waals surface area contributed by atoms with Crippen molar-refractivity contribution in [1.29, 1.82) is 0 Å². The molecule has 2 aromatic rings. The number of rotatable bonds is 3. The number of hydrogen-bond donors (Lipinski definition) is 1. The van der Waals surface area contributed by atoms with Crippen LogP contribution in [0.4, 0.5) is 14.6 Å². The maximum absolute atomic E-state index is 13.9. The van der Waals surface area contributed by atoms with Gasteiger partial charge in [0.2, 0.25) is 5.28 Å². The molecule has 0 saturated carbocycles. The van der Waals surface area contributed by atoms with Gasteiger partial charge in [0.1, 0.15) is 0 Å². The van der Waals surface area contributed by atoms with Crippen LogP contribution in [0.2, 0.25) is 5.28 Å². The van der Waals surface area contributed by atoms with E-state index in [1.54, 1.807) is 24.3 Å². The fourth-order valence-corrected chi connectivity index (χ4v) is 1.86. The Hall–Kier alpha value is -1.27. The average Bonchev–Trinajstić information content (AvgIpc) is 2.34. The molecule has 0 amide bonds. The lowest BCUT2D eigenvalue weighted by molar-refractivity contribution is 0.382. The Morgan fingerprint density at radius 3 is 2.89 bits per heavy atom. The summed E-state index contributed by atoms with van der Waals surface area (Å²) < 4.78 is 27.9. The van der Waals surface area contributed by atoms with Gasteiger partial charge in [0.25, 0.3) is 0 Å². The Morgan fingerprint density at radius 1 is 1.39 bits per heavy atom. The van der Waals surface area contributed by atoms with Gasteiger partial charge in [-0.3, -0.25) is 0 Å². The molecule has 7 heteroatoms. The summed E-state index contributed by atoms with van der Waals surface area (Å²) in [6.07, 6.45) is -0.714. The number of hydrogen-bond acceptors (Lipinski definition) is 3. The first-order valence-corrected chi connectivity index (χ1v) is 6.07. The Kier molecular flexibility index (Phi) is 4.08. The van der Waals surface area contributed by atoms with Gasteiger partial charge in [-0.1, -0.05) is 28.1 Å². The number of anilines is 1. The van der Waals surface area contributed by atoms with E-state index in [2.05, 4.69) is 31.2 Å². The van der Waals surface area contributed by atoms with Crippen LogP contribution in [0.3, 0.4) is 0 Å². The van der Waals surface area contributed by atoms with Crippen molar-refractivity contribution in [3.8, 4) is 0 Å². The predicted octanol–water partition coefficient (Wildman–Crippen LogP) is 4.11. The number of nitrogens with one attached hydrogen (secondary N) is 1. The molecule has 1 N–H and O–H groups in total. The fraction of sp³-hybridized carbons (Fsp3) is 0.0909. The van der Waals surface area contributed by atoms with E-state index in [1.165, 1.54) is 0 Å². The van der Waals surface area contributed by atoms with Crippen molar-refractivity contribution in [3.63, 3.8) is 0 Å². The Morgan fingerprint density at radius 2 is 2.17 bits per heavy atom. The molecule has 0 aliphatic carbocycles. The maximum Gasteiger partial charge on any atom is 0.224 e. The van der Waals surface area contributed by atoms with Crippen LogP contribution >= 0.6 is 27.5 Å². The second kappa shape index (κ2) is 5.58. The first kappa shape index (κ1) is 13.2. The highest BCUT2D eigenvalue weighted by molar-refractivity contribution is 9.10. The van der Waals surface area contributed by atoms with Crippen LogP contribution in [-0.4, -0.2) is 9.97 Å². The van der Waals surface area contributed by atoms with Gasteiger partial charge in [-0.25, -0.2) is 13.8 Å². The number of alkyl halides is 1.